The summed E-state index contributed by atoms with van der Waals surface area (Å²) in [7, 11) is 1.89. The molecule has 1 unspecified atom stereocenters. The summed E-state index contributed by atoms with van der Waals surface area (Å²) in [6, 6.07) is 8.06. The van der Waals surface area contributed by atoms with Crippen molar-refractivity contribution in [3.05, 3.63) is 33.4 Å². The summed E-state index contributed by atoms with van der Waals surface area (Å²) in [5.41, 5.74) is 0.773. The van der Waals surface area contributed by atoms with E-state index >= 15 is 0 Å². The van der Waals surface area contributed by atoms with E-state index in [4.69, 9.17) is 0 Å². The SMILES string of the molecule is CN(C(=O)c1ccc(I)cc1)C1CCNC1. The first-order valence-corrected chi connectivity index (χ1v) is 6.50. The molecule has 0 aliphatic carbocycles. The van der Waals surface area contributed by atoms with Crippen molar-refractivity contribution in [2.24, 2.45) is 0 Å². The average Bonchev–Trinajstić information content (AvgIpc) is 2.81. The molecular weight excluding hydrogens is 315 g/mol. The van der Waals surface area contributed by atoms with E-state index in [9.17, 15) is 4.79 Å². The molecule has 1 fully saturated rings. The zero-order valence-electron chi connectivity index (χ0n) is 9.24. The predicted octanol–water partition coefficient (Wildman–Crippen LogP) is 1.73. The Bertz CT molecular complexity index is 371. The third kappa shape index (κ3) is 2.55. The zero-order valence-corrected chi connectivity index (χ0v) is 11.4. The van der Waals surface area contributed by atoms with Crippen LogP contribution in [0.5, 0.6) is 0 Å². The second-order valence-electron chi connectivity index (χ2n) is 4.07. The molecular formula is C12H15IN2O. The molecule has 4 heteroatoms. The lowest BCUT2D eigenvalue weighted by Gasteiger charge is -2.23. The van der Waals surface area contributed by atoms with E-state index in [2.05, 4.69) is 27.9 Å². The van der Waals surface area contributed by atoms with Gasteiger partial charge in [0.2, 0.25) is 0 Å². The summed E-state index contributed by atoms with van der Waals surface area (Å²) in [4.78, 5) is 14.0. The standard InChI is InChI=1S/C12H15IN2O/c1-15(11-6-7-14-8-11)12(16)9-2-4-10(13)5-3-9/h2-5,11,14H,6-8H2,1H3. The molecule has 1 aliphatic rings. The van der Waals surface area contributed by atoms with Gasteiger partial charge in [0.1, 0.15) is 0 Å². The number of nitrogens with one attached hydrogen (secondary N) is 1. The molecule has 1 atom stereocenters. The molecule has 1 aromatic rings. The topological polar surface area (TPSA) is 32.3 Å². The molecule has 1 saturated heterocycles. The van der Waals surface area contributed by atoms with Crippen LogP contribution in [-0.2, 0) is 0 Å². The van der Waals surface area contributed by atoms with E-state index in [1.54, 1.807) is 0 Å². The van der Waals surface area contributed by atoms with Gasteiger partial charge in [-0.2, -0.15) is 0 Å². The van der Waals surface area contributed by atoms with Gasteiger partial charge in [0.25, 0.3) is 5.91 Å². The molecule has 1 N–H and O–H groups in total. The first kappa shape index (κ1) is 11.9. The Balaban J connectivity index is 2.08. The molecule has 3 nitrogen and oxygen atoms in total. The van der Waals surface area contributed by atoms with Crippen LogP contribution in [0, 0.1) is 3.57 Å². The molecule has 86 valence electrons. The number of benzene rings is 1. The van der Waals surface area contributed by atoms with Gasteiger partial charge in [0, 0.05) is 28.8 Å². The highest BCUT2D eigenvalue weighted by Gasteiger charge is 2.23. The highest BCUT2D eigenvalue weighted by Crippen LogP contribution is 2.13. The van der Waals surface area contributed by atoms with E-state index in [1.165, 1.54) is 0 Å². The Hall–Kier alpha value is -0.620. The van der Waals surface area contributed by atoms with Crippen LogP contribution in [0.1, 0.15) is 16.8 Å². The lowest BCUT2D eigenvalue weighted by molar-refractivity contribution is 0.0744. The Labute approximate surface area is 109 Å². The van der Waals surface area contributed by atoms with E-state index in [-0.39, 0.29) is 5.91 Å². The van der Waals surface area contributed by atoms with Crippen LogP contribution in [-0.4, -0.2) is 37.0 Å². The number of carbonyl (C=O) groups is 1. The summed E-state index contributed by atoms with van der Waals surface area (Å²) in [5.74, 6) is 0.116. The maximum atomic E-state index is 12.1. The number of hydrogen-bond acceptors (Lipinski definition) is 2. The number of carbonyl (C=O) groups excluding carboxylic acids is 1. The van der Waals surface area contributed by atoms with Crippen molar-refractivity contribution < 1.29 is 4.79 Å². The largest absolute Gasteiger partial charge is 0.337 e. The number of amides is 1. The number of hydrogen-bond donors (Lipinski definition) is 1. The van der Waals surface area contributed by atoms with E-state index in [0.29, 0.717) is 6.04 Å². The van der Waals surface area contributed by atoms with Crippen LogP contribution in [0.4, 0.5) is 0 Å². The van der Waals surface area contributed by atoms with E-state index in [1.807, 2.05) is 36.2 Å². The van der Waals surface area contributed by atoms with E-state index in [0.717, 1.165) is 28.6 Å². The maximum Gasteiger partial charge on any atom is 0.253 e. The monoisotopic (exact) mass is 330 g/mol. The fraction of sp³-hybridized carbons (Fsp3) is 0.417. The Morgan fingerprint density at radius 2 is 2.12 bits per heavy atom. The number of likely N-dealkylation sites (N-methyl/N-ethyl adjacent to an activating group) is 1. The van der Waals surface area contributed by atoms with Crippen molar-refractivity contribution in [3.8, 4) is 0 Å². The van der Waals surface area contributed by atoms with Crippen LogP contribution in [0.3, 0.4) is 0 Å². The minimum atomic E-state index is 0.116. The summed E-state index contributed by atoms with van der Waals surface area (Å²) >= 11 is 2.24. The van der Waals surface area contributed by atoms with Gasteiger partial charge < -0.3 is 10.2 Å². The van der Waals surface area contributed by atoms with Gasteiger partial charge in [-0.15, -0.1) is 0 Å². The highest BCUT2D eigenvalue weighted by molar-refractivity contribution is 14.1. The van der Waals surface area contributed by atoms with Crippen molar-refractivity contribution in [3.63, 3.8) is 0 Å². The Morgan fingerprint density at radius 1 is 1.44 bits per heavy atom. The normalized spacial score (nSPS) is 19.8. The molecule has 1 aliphatic heterocycles. The maximum absolute atomic E-state index is 12.1. The third-order valence-corrected chi connectivity index (χ3v) is 3.71. The van der Waals surface area contributed by atoms with Gasteiger partial charge in [-0.25, -0.2) is 0 Å². The van der Waals surface area contributed by atoms with Crippen molar-refractivity contribution in [1.29, 1.82) is 0 Å². The number of nitrogens with zero attached hydrogens (tertiary/aromatic N) is 1. The summed E-state index contributed by atoms with van der Waals surface area (Å²) < 4.78 is 1.15. The third-order valence-electron chi connectivity index (χ3n) is 2.99. The van der Waals surface area contributed by atoms with Gasteiger partial charge in [0.15, 0.2) is 0 Å². The van der Waals surface area contributed by atoms with Gasteiger partial charge in [0.05, 0.1) is 0 Å². The highest BCUT2D eigenvalue weighted by atomic mass is 127. The fourth-order valence-corrected chi connectivity index (χ4v) is 2.29. The second kappa shape index (κ2) is 5.14. The van der Waals surface area contributed by atoms with Gasteiger partial charge in [-0.1, -0.05) is 0 Å². The van der Waals surface area contributed by atoms with Crippen molar-refractivity contribution >= 4 is 28.5 Å². The molecule has 2 rings (SSSR count). The average molecular weight is 330 g/mol. The molecule has 1 heterocycles. The summed E-state index contributed by atoms with van der Waals surface area (Å²) in [5, 5.41) is 3.27. The van der Waals surface area contributed by atoms with Crippen molar-refractivity contribution in [2.45, 2.75) is 12.5 Å². The van der Waals surface area contributed by atoms with Crippen LogP contribution in [0.25, 0.3) is 0 Å². The quantitative estimate of drug-likeness (QED) is 0.838. The van der Waals surface area contributed by atoms with E-state index < -0.39 is 0 Å². The summed E-state index contributed by atoms with van der Waals surface area (Å²) in [6.45, 7) is 1.92. The van der Waals surface area contributed by atoms with Gasteiger partial charge in [-0.3, -0.25) is 4.79 Å². The molecule has 1 aromatic carbocycles. The molecule has 0 bridgehead atoms. The van der Waals surface area contributed by atoms with Gasteiger partial charge in [-0.05, 0) is 59.8 Å². The predicted molar refractivity (Wildman–Crippen MR) is 72.5 cm³/mol. The van der Waals surface area contributed by atoms with Crippen LogP contribution in [0.2, 0.25) is 0 Å². The first-order valence-electron chi connectivity index (χ1n) is 5.42. The van der Waals surface area contributed by atoms with Crippen LogP contribution >= 0.6 is 22.6 Å². The second-order valence-corrected chi connectivity index (χ2v) is 5.32. The lowest BCUT2D eigenvalue weighted by atomic mass is 10.1. The molecule has 0 radical (unpaired) electrons. The zero-order chi connectivity index (χ0) is 11.5. The van der Waals surface area contributed by atoms with Crippen molar-refractivity contribution in [2.75, 3.05) is 20.1 Å². The number of rotatable bonds is 2. The van der Waals surface area contributed by atoms with Crippen LogP contribution in [0.15, 0.2) is 24.3 Å². The summed E-state index contributed by atoms with van der Waals surface area (Å²) in [6.07, 6.45) is 1.05. The Kier molecular flexibility index (Phi) is 3.81. The number of halogens is 1. The van der Waals surface area contributed by atoms with Gasteiger partial charge >= 0.3 is 0 Å². The smallest absolute Gasteiger partial charge is 0.253 e. The van der Waals surface area contributed by atoms with Crippen LogP contribution < -0.4 is 5.32 Å². The minimum absolute atomic E-state index is 0.116. The Morgan fingerprint density at radius 3 is 2.69 bits per heavy atom. The lowest BCUT2D eigenvalue weighted by Crippen LogP contribution is -2.38. The molecule has 16 heavy (non-hydrogen) atoms. The minimum Gasteiger partial charge on any atom is -0.337 e. The molecule has 0 spiro atoms. The molecule has 0 aromatic heterocycles. The molecule has 0 saturated carbocycles. The molecule has 1 amide bonds. The van der Waals surface area contributed by atoms with Crippen molar-refractivity contribution in [1.82, 2.24) is 10.2 Å². The fourth-order valence-electron chi connectivity index (χ4n) is 1.93. The first-order chi connectivity index (χ1) is 7.68.